The van der Waals surface area contributed by atoms with Gasteiger partial charge in [0.1, 0.15) is 11.3 Å². The van der Waals surface area contributed by atoms with Crippen LogP contribution in [0, 0.1) is 26.6 Å². The second-order valence-corrected chi connectivity index (χ2v) is 5.48. The number of nitrogens with zero attached hydrogens (tertiary/aromatic N) is 4. The number of aromatic nitrogens is 4. The fraction of sp³-hybridized carbons (Fsp3) is 0.333. The van der Waals surface area contributed by atoms with E-state index in [2.05, 4.69) is 10.1 Å². The lowest BCUT2D eigenvalue weighted by Gasteiger charge is -2.10. The zero-order chi connectivity index (χ0) is 15.3. The van der Waals surface area contributed by atoms with Crippen LogP contribution in [-0.4, -0.2) is 19.3 Å². The summed E-state index contributed by atoms with van der Waals surface area (Å²) in [5.74, 6) is 0.291. The maximum absolute atomic E-state index is 13.7. The van der Waals surface area contributed by atoms with Crippen molar-refractivity contribution in [3.63, 3.8) is 0 Å². The minimum Gasteiger partial charge on any atom is -0.369 e. The van der Waals surface area contributed by atoms with Crippen LogP contribution in [0.5, 0.6) is 0 Å². The van der Waals surface area contributed by atoms with E-state index in [9.17, 15) is 4.39 Å². The number of imidazole rings is 1. The molecule has 0 aliphatic heterocycles. The van der Waals surface area contributed by atoms with Crippen LogP contribution in [0.15, 0.2) is 12.1 Å². The van der Waals surface area contributed by atoms with Crippen LogP contribution in [0.1, 0.15) is 22.4 Å². The summed E-state index contributed by atoms with van der Waals surface area (Å²) in [7, 11) is 1.87. The van der Waals surface area contributed by atoms with Gasteiger partial charge in [0.25, 0.3) is 0 Å². The summed E-state index contributed by atoms with van der Waals surface area (Å²) in [5.41, 5.74) is 10.8. The highest BCUT2D eigenvalue weighted by atomic mass is 19.1. The molecule has 3 rings (SSSR count). The summed E-state index contributed by atoms with van der Waals surface area (Å²) < 4.78 is 17.4. The summed E-state index contributed by atoms with van der Waals surface area (Å²) in [6.07, 6.45) is 0. The predicted molar refractivity (Wildman–Crippen MR) is 80.6 cm³/mol. The maximum Gasteiger partial charge on any atom is 0.202 e. The van der Waals surface area contributed by atoms with E-state index in [-0.39, 0.29) is 5.82 Å². The number of halogens is 1. The van der Waals surface area contributed by atoms with E-state index < -0.39 is 0 Å². The van der Waals surface area contributed by atoms with Gasteiger partial charge in [0, 0.05) is 7.05 Å². The van der Waals surface area contributed by atoms with Crippen LogP contribution < -0.4 is 5.73 Å². The fourth-order valence-electron chi connectivity index (χ4n) is 2.82. The number of benzene rings is 1. The van der Waals surface area contributed by atoms with Crippen LogP contribution in [-0.2, 0) is 13.6 Å². The Hall–Kier alpha value is -2.37. The van der Waals surface area contributed by atoms with Crippen molar-refractivity contribution >= 4 is 17.1 Å². The van der Waals surface area contributed by atoms with Crippen LogP contribution in [0.3, 0.4) is 0 Å². The molecular formula is C15H18FN5. The lowest BCUT2D eigenvalue weighted by atomic mass is 10.1. The Morgan fingerprint density at radius 3 is 2.43 bits per heavy atom. The first kappa shape index (κ1) is 13.6. The zero-order valence-electron chi connectivity index (χ0n) is 12.6. The van der Waals surface area contributed by atoms with Crippen molar-refractivity contribution in [1.82, 2.24) is 19.3 Å². The molecule has 6 heteroatoms. The first-order valence-corrected chi connectivity index (χ1v) is 6.79. The highest BCUT2D eigenvalue weighted by molar-refractivity contribution is 5.77. The van der Waals surface area contributed by atoms with Gasteiger partial charge in [-0.2, -0.15) is 5.10 Å². The molecule has 3 aromatic rings. The molecule has 0 aliphatic carbocycles. The predicted octanol–water partition coefficient (Wildman–Crippen LogP) is 2.46. The molecule has 0 unspecified atom stereocenters. The Kier molecular flexibility index (Phi) is 2.97. The van der Waals surface area contributed by atoms with Crippen molar-refractivity contribution in [2.45, 2.75) is 27.3 Å². The summed E-state index contributed by atoms with van der Waals surface area (Å²) in [6.45, 7) is 5.99. The number of aryl methyl sites for hydroxylation is 4. The Bertz CT molecular complexity index is 820. The third-order valence-corrected chi connectivity index (χ3v) is 3.76. The van der Waals surface area contributed by atoms with Gasteiger partial charge < -0.3 is 5.73 Å². The molecule has 0 bridgehead atoms. The van der Waals surface area contributed by atoms with E-state index in [1.54, 1.807) is 18.5 Å². The van der Waals surface area contributed by atoms with Crippen molar-refractivity contribution in [3.8, 4) is 0 Å². The molecule has 110 valence electrons. The summed E-state index contributed by atoms with van der Waals surface area (Å²) in [6, 6.07) is 3.69. The highest BCUT2D eigenvalue weighted by Crippen LogP contribution is 2.23. The Labute approximate surface area is 122 Å². The van der Waals surface area contributed by atoms with Crippen molar-refractivity contribution in [3.05, 3.63) is 40.3 Å². The molecule has 2 aromatic heterocycles. The largest absolute Gasteiger partial charge is 0.369 e. The topological polar surface area (TPSA) is 61.7 Å². The average Bonchev–Trinajstić information content (AvgIpc) is 2.86. The van der Waals surface area contributed by atoms with Crippen molar-refractivity contribution in [2.24, 2.45) is 7.05 Å². The minimum atomic E-state index is -0.154. The van der Waals surface area contributed by atoms with Crippen molar-refractivity contribution < 1.29 is 4.39 Å². The smallest absolute Gasteiger partial charge is 0.202 e. The number of hydrogen-bond acceptors (Lipinski definition) is 3. The molecule has 0 atom stereocenters. The zero-order valence-corrected chi connectivity index (χ0v) is 12.6. The lowest BCUT2D eigenvalue weighted by Crippen LogP contribution is -2.08. The minimum absolute atomic E-state index is 0.154. The van der Waals surface area contributed by atoms with Gasteiger partial charge in [0.15, 0.2) is 5.65 Å². The van der Waals surface area contributed by atoms with Crippen LogP contribution in [0.4, 0.5) is 10.3 Å². The van der Waals surface area contributed by atoms with Gasteiger partial charge in [-0.25, -0.2) is 9.37 Å². The van der Waals surface area contributed by atoms with Gasteiger partial charge in [-0.3, -0.25) is 9.25 Å². The fourth-order valence-corrected chi connectivity index (χ4v) is 2.82. The molecule has 0 fully saturated rings. The molecular weight excluding hydrogens is 269 g/mol. The van der Waals surface area contributed by atoms with Gasteiger partial charge in [-0.15, -0.1) is 0 Å². The van der Waals surface area contributed by atoms with Crippen molar-refractivity contribution in [1.29, 1.82) is 0 Å². The molecule has 2 heterocycles. The van der Waals surface area contributed by atoms with E-state index in [0.29, 0.717) is 23.6 Å². The van der Waals surface area contributed by atoms with Gasteiger partial charge >= 0.3 is 0 Å². The number of nitrogens with two attached hydrogens (primary N) is 1. The van der Waals surface area contributed by atoms with Crippen molar-refractivity contribution in [2.75, 3.05) is 5.73 Å². The van der Waals surface area contributed by atoms with Gasteiger partial charge in [0.2, 0.25) is 5.95 Å². The van der Waals surface area contributed by atoms with E-state index in [0.717, 1.165) is 22.4 Å². The molecule has 0 aliphatic rings. The molecule has 0 saturated heterocycles. The van der Waals surface area contributed by atoms with Gasteiger partial charge in [-0.1, -0.05) is 12.1 Å². The first-order chi connectivity index (χ1) is 9.88. The normalized spacial score (nSPS) is 11.5. The quantitative estimate of drug-likeness (QED) is 0.787. The summed E-state index contributed by atoms with van der Waals surface area (Å²) in [4.78, 5) is 4.38. The molecule has 21 heavy (non-hydrogen) atoms. The summed E-state index contributed by atoms with van der Waals surface area (Å²) >= 11 is 0. The van der Waals surface area contributed by atoms with E-state index in [4.69, 9.17) is 5.73 Å². The molecule has 0 saturated carbocycles. The standard InChI is InChI=1S/C15H18FN5/c1-8-5-11(6-9(2)12(8)16)7-21-14-13(18-15(21)17)10(3)19-20(14)4/h5-6H,7H2,1-4H3,(H2,17,18). The van der Waals surface area contributed by atoms with Gasteiger partial charge in [0.05, 0.1) is 12.2 Å². The molecule has 2 N–H and O–H groups in total. The van der Waals surface area contributed by atoms with E-state index in [1.165, 1.54) is 0 Å². The second-order valence-electron chi connectivity index (χ2n) is 5.48. The molecule has 0 amide bonds. The molecule has 1 aromatic carbocycles. The van der Waals surface area contributed by atoms with Crippen LogP contribution in [0.2, 0.25) is 0 Å². The molecule has 5 nitrogen and oxygen atoms in total. The van der Waals surface area contributed by atoms with Crippen LogP contribution in [0.25, 0.3) is 11.2 Å². The lowest BCUT2D eigenvalue weighted by molar-refractivity contribution is 0.607. The first-order valence-electron chi connectivity index (χ1n) is 6.79. The Morgan fingerprint density at radius 2 is 1.81 bits per heavy atom. The molecule has 0 radical (unpaired) electrons. The number of hydrogen-bond donors (Lipinski definition) is 1. The Morgan fingerprint density at radius 1 is 1.19 bits per heavy atom. The average molecular weight is 287 g/mol. The van der Waals surface area contributed by atoms with Gasteiger partial charge in [-0.05, 0) is 37.5 Å². The Balaban J connectivity index is 2.12. The van der Waals surface area contributed by atoms with E-state index in [1.807, 2.05) is 30.7 Å². The molecule has 0 spiro atoms. The summed E-state index contributed by atoms with van der Waals surface area (Å²) in [5, 5.41) is 4.36. The number of nitrogen functional groups attached to an aromatic ring is 1. The third kappa shape index (κ3) is 2.07. The SMILES string of the molecule is Cc1cc(Cn2c(N)nc3c(C)nn(C)c32)cc(C)c1F. The highest BCUT2D eigenvalue weighted by Gasteiger charge is 2.16. The number of rotatable bonds is 2. The van der Waals surface area contributed by atoms with E-state index >= 15 is 0 Å². The number of fused-ring (bicyclic) bond motifs is 1. The maximum atomic E-state index is 13.7. The second kappa shape index (κ2) is 4.58. The monoisotopic (exact) mass is 287 g/mol. The number of anilines is 1. The van der Waals surface area contributed by atoms with Crippen LogP contribution >= 0.6 is 0 Å². The third-order valence-electron chi connectivity index (χ3n) is 3.76.